The van der Waals surface area contributed by atoms with Gasteiger partial charge in [-0.25, -0.2) is 9.59 Å². The Bertz CT molecular complexity index is 689. The van der Waals surface area contributed by atoms with Gasteiger partial charge < -0.3 is 20.9 Å². The molecule has 27 heavy (non-hydrogen) atoms. The number of aryl methyl sites for hydroxylation is 1. The minimum atomic E-state index is -1.05. The number of carbonyl (C=O) groups excluding carboxylic acids is 1. The molecule has 0 radical (unpaired) electrons. The zero-order chi connectivity index (χ0) is 20.2. The van der Waals surface area contributed by atoms with Crippen LogP contribution in [0.1, 0.15) is 58.9 Å². The quantitative estimate of drug-likeness (QED) is 0.519. The Balaban J connectivity index is 2.17. The number of hydrogen-bond acceptors (Lipinski definition) is 4. The smallest absolute Gasteiger partial charge is 0.404 e. The van der Waals surface area contributed by atoms with Crippen LogP contribution in [0.4, 0.5) is 4.79 Å². The third-order valence-corrected chi connectivity index (χ3v) is 5.43. The van der Waals surface area contributed by atoms with E-state index in [2.05, 4.69) is 26.1 Å². The predicted octanol–water partition coefficient (Wildman–Crippen LogP) is 3.72. The third-order valence-electron chi connectivity index (χ3n) is 5.43. The number of carbonyl (C=O) groups is 2. The van der Waals surface area contributed by atoms with E-state index in [1.807, 2.05) is 25.1 Å². The first-order valence-electron chi connectivity index (χ1n) is 9.61. The van der Waals surface area contributed by atoms with Crippen molar-refractivity contribution >= 4 is 12.1 Å². The van der Waals surface area contributed by atoms with Gasteiger partial charge in [0.05, 0.1) is 0 Å². The lowest BCUT2D eigenvalue weighted by atomic mass is 9.60. The number of rotatable bonds is 6. The van der Waals surface area contributed by atoms with Crippen LogP contribution in [-0.2, 0) is 11.2 Å². The standard InChI is InChI=1S/C21H32N2O4/c1-5-8-14-9-6-7-10-16(14)27-18(24)17(22)21(4)12-15(23-19(25)26)11-20(2,3)13-21/h6-7,9-10,15,17,23H,5,8,11-13,22H2,1-4H3,(H,25,26). The number of amides is 1. The minimum Gasteiger partial charge on any atom is -0.465 e. The average Bonchev–Trinajstić information content (AvgIpc) is 2.53. The fourth-order valence-electron chi connectivity index (χ4n) is 4.59. The lowest BCUT2D eigenvalue weighted by molar-refractivity contribution is -0.140. The fraction of sp³-hybridized carbons (Fsp3) is 0.619. The molecule has 3 unspecified atom stereocenters. The maximum Gasteiger partial charge on any atom is 0.404 e. The van der Waals surface area contributed by atoms with Gasteiger partial charge in [0.15, 0.2) is 0 Å². The molecule has 6 heteroatoms. The first-order valence-corrected chi connectivity index (χ1v) is 9.61. The fourth-order valence-corrected chi connectivity index (χ4v) is 4.59. The monoisotopic (exact) mass is 376 g/mol. The largest absolute Gasteiger partial charge is 0.465 e. The summed E-state index contributed by atoms with van der Waals surface area (Å²) in [7, 11) is 0. The van der Waals surface area contributed by atoms with Crippen molar-refractivity contribution in [2.75, 3.05) is 0 Å². The molecule has 1 saturated carbocycles. The van der Waals surface area contributed by atoms with Crippen LogP contribution in [0.5, 0.6) is 5.75 Å². The molecular weight excluding hydrogens is 344 g/mol. The van der Waals surface area contributed by atoms with Crippen molar-refractivity contribution in [1.82, 2.24) is 5.32 Å². The van der Waals surface area contributed by atoms with E-state index in [-0.39, 0.29) is 11.5 Å². The Kier molecular flexibility index (Phi) is 6.52. The van der Waals surface area contributed by atoms with Crippen LogP contribution >= 0.6 is 0 Å². The molecule has 6 nitrogen and oxygen atoms in total. The number of hydrogen-bond donors (Lipinski definition) is 3. The summed E-state index contributed by atoms with van der Waals surface area (Å²) in [6.07, 6.45) is 2.68. The van der Waals surface area contributed by atoms with Crippen molar-refractivity contribution in [2.24, 2.45) is 16.6 Å². The highest BCUT2D eigenvalue weighted by Gasteiger charge is 2.47. The number of nitrogens with two attached hydrogens (primary N) is 1. The summed E-state index contributed by atoms with van der Waals surface area (Å²) in [5.41, 5.74) is 6.67. The summed E-state index contributed by atoms with van der Waals surface area (Å²) in [6, 6.07) is 6.45. The maximum absolute atomic E-state index is 12.8. The van der Waals surface area contributed by atoms with E-state index >= 15 is 0 Å². The Labute approximate surface area is 161 Å². The van der Waals surface area contributed by atoms with E-state index in [4.69, 9.17) is 15.6 Å². The highest BCUT2D eigenvalue weighted by atomic mass is 16.5. The molecule has 1 aliphatic carbocycles. The van der Waals surface area contributed by atoms with Gasteiger partial charge in [0.25, 0.3) is 0 Å². The summed E-state index contributed by atoms with van der Waals surface area (Å²) in [6.45, 7) is 8.18. The molecule has 1 fully saturated rings. The second-order valence-corrected chi connectivity index (χ2v) is 8.81. The molecule has 150 valence electrons. The molecule has 0 aromatic heterocycles. The van der Waals surface area contributed by atoms with Crippen LogP contribution < -0.4 is 15.8 Å². The second kappa shape index (κ2) is 8.30. The zero-order valence-corrected chi connectivity index (χ0v) is 16.7. The van der Waals surface area contributed by atoms with Crippen LogP contribution in [0.15, 0.2) is 24.3 Å². The van der Waals surface area contributed by atoms with E-state index < -0.39 is 23.5 Å². The molecule has 0 aliphatic heterocycles. The third kappa shape index (κ3) is 5.45. The summed E-state index contributed by atoms with van der Waals surface area (Å²) < 4.78 is 5.66. The Morgan fingerprint density at radius 1 is 1.30 bits per heavy atom. The number of carboxylic acid groups (broad SMARTS) is 1. The molecule has 1 aliphatic rings. The molecule has 3 atom stereocenters. The molecule has 0 heterocycles. The van der Waals surface area contributed by atoms with Crippen molar-refractivity contribution in [3.05, 3.63) is 29.8 Å². The van der Waals surface area contributed by atoms with Gasteiger partial charge in [-0.1, -0.05) is 52.3 Å². The first-order chi connectivity index (χ1) is 12.6. The van der Waals surface area contributed by atoms with Crippen molar-refractivity contribution < 1.29 is 19.4 Å². The van der Waals surface area contributed by atoms with Gasteiger partial charge in [-0.15, -0.1) is 0 Å². The number of esters is 1. The van der Waals surface area contributed by atoms with Gasteiger partial charge in [0, 0.05) is 6.04 Å². The molecule has 1 aromatic rings. The van der Waals surface area contributed by atoms with Gasteiger partial charge in [-0.05, 0) is 48.1 Å². The number of benzene rings is 1. The summed E-state index contributed by atoms with van der Waals surface area (Å²) in [5, 5.41) is 11.7. The molecular formula is C21H32N2O4. The molecule has 1 aromatic carbocycles. The van der Waals surface area contributed by atoms with E-state index in [1.54, 1.807) is 6.07 Å². The van der Waals surface area contributed by atoms with E-state index in [9.17, 15) is 9.59 Å². The van der Waals surface area contributed by atoms with Gasteiger partial charge in [0.1, 0.15) is 11.8 Å². The van der Waals surface area contributed by atoms with E-state index in [0.717, 1.165) is 31.2 Å². The van der Waals surface area contributed by atoms with Gasteiger partial charge in [-0.2, -0.15) is 0 Å². The molecule has 0 bridgehead atoms. The summed E-state index contributed by atoms with van der Waals surface area (Å²) in [4.78, 5) is 23.9. The Morgan fingerprint density at radius 2 is 1.96 bits per heavy atom. The Hall–Kier alpha value is -2.08. The van der Waals surface area contributed by atoms with Crippen LogP contribution in [-0.4, -0.2) is 29.3 Å². The topological polar surface area (TPSA) is 102 Å². The van der Waals surface area contributed by atoms with Crippen LogP contribution in [0.2, 0.25) is 0 Å². The number of para-hydroxylation sites is 1. The maximum atomic E-state index is 12.8. The SMILES string of the molecule is CCCc1ccccc1OC(=O)C(N)C1(C)CC(NC(=O)O)CC(C)(C)C1. The summed E-state index contributed by atoms with van der Waals surface area (Å²) in [5.74, 6) is 0.0894. The molecule has 0 spiro atoms. The normalized spacial score (nSPS) is 25.4. The van der Waals surface area contributed by atoms with Crippen LogP contribution in [0.25, 0.3) is 0 Å². The second-order valence-electron chi connectivity index (χ2n) is 8.81. The lowest BCUT2D eigenvalue weighted by Gasteiger charge is -2.48. The van der Waals surface area contributed by atoms with Crippen molar-refractivity contribution in [3.63, 3.8) is 0 Å². The zero-order valence-electron chi connectivity index (χ0n) is 16.7. The first kappa shape index (κ1) is 21.2. The molecule has 2 rings (SSSR count). The van der Waals surface area contributed by atoms with Crippen molar-refractivity contribution in [3.8, 4) is 5.75 Å². The predicted molar refractivity (Wildman–Crippen MR) is 105 cm³/mol. The minimum absolute atomic E-state index is 0.127. The molecule has 1 amide bonds. The van der Waals surface area contributed by atoms with E-state index in [1.165, 1.54) is 0 Å². The summed E-state index contributed by atoms with van der Waals surface area (Å²) >= 11 is 0. The Morgan fingerprint density at radius 3 is 2.59 bits per heavy atom. The average molecular weight is 376 g/mol. The highest BCUT2D eigenvalue weighted by molar-refractivity contribution is 5.79. The van der Waals surface area contributed by atoms with Gasteiger partial charge in [0.2, 0.25) is 0 Å². The van der Waals surface area contributed by atoms with Gasteiger partial charge in [-0.3, -0.25) is 0 Å². The van der Waals surface area contributed by atoms with E-state index in [0.29, 0.717) is 12.2 Å². The van der Waals surface area contributed by atoms with Crippen molar-refractivity contribution in [2.45, 2.75) is 71.9 Å². The lowest BCUT2D eigenvalue weighted by Crippen LogP contribution is -2.56. The van der Waals surface area contributed by atoms with Gasteiger partial charge >= 0.3 is 12.1 Å². The highest BCUT2D eigenvalue weighted by Crippen LogP contribution is 2.47. The van der Waals surface area contributed by atoms with Crippen LogP contribution in [0, 0.1) is 10.8 Å². The molecule has 0 saturated heterocycles. The number of nitrogens with one attached hydrogen (secondary N) is 1. The van der Waals surface area contributed by atoms with Crippen LogP contribution in [0.3, 0.4) is 0 Å². The molecule has 4 N–H and O–H groups in total. The number of ether oxygens (including phenoxy) is 1. The van der Waals surface area contributed by atoms with Crippen molar-refractivity contribution in [1.29, 1.82) is 0 Å².